The van der Waals surface area contributed by atoms with E-state index in [1.54, 1.807) is 18.3 Å². The van der Waals surface area contributed by atoms with Gasteiger partial charge in [-0.1, -0.05) is 46.3 Å². The zero-order valence-electron chi connectivity index (χ0n) is 15.9. The summed E-state index contributed by atoms with van der Waals surface area (Å²) in [5, 5.41) is 2.93. The van der Waals surface area contributed by atoms with Gasteiger partial charge in [-0.15, -0.1) is 0 Å². The van der Waals surface area contributed by atoms with Gasteiger partial charge in [0.1, 0.15) is 11.5 Å². The summed E-state index contributed by atoms with van der Waals surface area (Å²) < 4.78 is 3.33. The molecule has 6 heteroatoms. The molecular weight excluding hydrogens is 428 g/mol. The van der Waals surface area contributed by atoms with Gasteiger partial charge in [0, 0.05) is 30.2 Å². The first-order chi connectivity index (χ1) is 14.2. The molecule has 0 saturated heterocycles. The van der Waals surface area contributed by atoms with Crippen molar-refractivity contribution in [3.05, 3.63) is 94.5 Å². The lowest BCUT2D eigenvalue weighted by Gasteiger charge is -2.10. The number of benzene rings is 2. The minimum absolute atomic E-state index is 0.144. The summed E-state index contributed by atoms with van der Waals surface area (Å²) in [6.07, 6.45) is 3.22. The summed E-state index contributed by atoms with van der Waals surface area (Å²) in [6, 6.07) is 21.9. The molecule has 4 rings (SSSR count). The molecule has 4 aromatic rings. The van der Waals surface area contributed by atoms with Crippen molar-refractivity contribution < 1.29 is 4.79 Å². The molecule has 1 N–H and O–H groups in total. The van der Waals surface area contributed by atoms with E-state index in [2.05, 4.69) is 61.1 Å². The number of amides is 1. The second-order valence-electron chi connectivity index (χ2n) is 6.80. The van der Waals surface area contributed by atoms with E-state index < -0.39 is 0 Å². The van der Waals surface area contributed by atoms with Crippen LogP contribution < -0.4 is 5.32 Å². The highest BCUT2D eigenvalue weighted by atomic mass is 79.9. The number of fused-ring (bicyclic) bond motifs is 1. The lowest BCUT2D eigenvalue weighted by Crippen LogP contribution is -2.25. The summed E-state index contributed by atoms with van der Waals surface area (Å²) in [4.78, 5) is 21.0. The maximum Gasteiger partial charge on any atom is 0.269 e. The summed E-state index contributed by atoms with van der Waals surface area (Å²) in [6.45, 7) is 1.35. The zero-order valence-corrected chi connectivity index (χ0v) is 17.5. The van der Waals surface area contributed by atoms with Crippen molar-refractivity contribution in [3.8, 4) is 0 Å². The second-order valence-corrected chi connectivity index (χ2v) is 7.72. The molecule has 0 aliphatic heterocycles. The number of carbonyl (C=O) groups is 1. The molecule has 2 heterocycles. The van der Waals surface area contributed by atoms with E-state index in [1.807, 2.05) is 24.3 Å². The Morgan fingerprint density at radius 3 is 2.59 bits per heavy atom. The lowest BCUT2D eigenvalue weighted by molar-refractivity contribution is 0.0948. The SMILES string of the molecule is O=C(NCCCc1nc2ccccc2n1Cc1ccc(Br)cc1)c1ccccn1. The predicted octanol–water partition coefficient (Wildman–Crippen LogP) is 4.60. The number of aryl methyl sites for hydroxylation is 1. The van der Waals surface area contributed by atoms with Crippen LogP contribution in [0.3, 0.4) is 0 Å². The Bertz CT molecular complexity index is 1110. The highest BCUT2D eigenvalue weighted by Crippen LogP contribution is 2.20. The molecule has 1 amide bonds. The minimum atomic E-state index is -0.144. The van der Waals surface area contributed by atoms with Gasteiger partial charge in [0.05, 0.1) is 11.0 Å². The molecule has 0 fully saturated rings. The van der Waals surface area contributed by atoms with Gasteiger partial charge < -0.3 is 9.88 Å². The summed E-state index contributed by atoms with van der Waals surface area (Å²) >= 11 is 3.49. The smallest absolute Gasteiger partial charge is 0.269 e. The number of hydrogen-bond donors (Lipinski definition) is 1. The minimum Gasteiger partial charge on any atom is -0.351 e. The van der Waals surface area contributed by atoms with Crippen LogP contribution in [-0.4, -0.2) is 27.0 Å². The third kappa shape index (κ3) is 4.71. The van der Waals surface area contributed by atoms with Crippen LogP contribution in [0.15, 0.2) is 77.4 Å². The molecule has 146 valence electrons. The van der Waals surface area contributed by atoms with E-state index in [9.17, 15) is 4.79 Å². The van der Waals surface area contributed by atoms with Crippen molar-refractivity contribution in [2.75, 3.05) is 6.54 Å². The summed E-state index contributed by atoms with van der Waals surface area (Å²) in [5.74, 6) is 0.884. The Morgan fingerprint density at radius 1 is 1.00 bits per heavy atom. The summed E-state index contributed by atoms with van der Waals surface area (Å²) in [5.41, 5.74) is 3.79. The van der Waals surface area contributed by atoms with Crippen molar-refractivity contribution in [3.63, 3.8) is 0 Å². The molecule has 0 aliphatic rings. The molecule has 0 aliphatic carbocycles. The third-order valence-corrected chi connectivity index (χ3v) is 5.28. The molecule has 0 saturated carbocycles. The van der Waals surface area contributed by atoms with Gasteiger partial charge in [-0.05, 0) is 48.4 Å². The molecular formula is C23H21BrN4O. The van der Waals surface area contributed by atoms with Gasteiger partial charge in [-0.3, -0.25) is 9.78 Å². The number of halogens is 1. The monoisotopic (exact) mass is 448 g/mol. The van der Waals surface area contributed by atoms with Crippen LogP contribution in [0.4, 0.5) is 0 Å². The maximum atomic E-state index is 12.1. The highest BCUT2D eigenvalue weighted by molar-refractivity contribution is 9.10. The molecule has 2 aromatic heterocycles. The van der Waals surface area contributed by atoms with Crippen molar-refractivity contribution in [2.45, 2.75) is 19.4 Å². The van der Waals surface area contributed by atoms with Gasteiger partial charge in [-0.25, -0.2) is 4.98 Å². The van der Waals surface area contributed by atoms with Crippen LogP contribution in [0.1, 0.15) is 28.3 Å². The number of nitrogens with one attached hydrogen (secondary N) is 1. The number of imidazole rings is 1. The van der Waals surface area contributed by atoms with E-state index >= 15 is 0 Å². The van der Waals surface area contributed by atoms with Crippen LogP contribution >= 0.6 is 15.9 Å². The van der Waals surface area contributed by atoms with Gasteiger partial charge in [-0.2, -0.15) is 0 Å². The number of rotatable bonds is 7. The lowest BCUT2D eigenvalue weighted by atomic mass is 10.2. The fourth-order valence-corrected chi connectivity index (χ4v) is 3.57. The molecule has 0 spiro atoms. The normalized spacial score (nSPS) is 10.9. The van der Waals surface area contributed by atoms with Gasteiger partial charge in [0.15, 0.2) is 0 Å². The van der Waals surface area contributed by atoms with E-state index in [0.29, 0.717) is 12.2 Å². The molecule has 0 radical (unpaired) electrons. The molecule has 2 aromatic carbocycles. The van der Waals surface area contributed by atoms with Crippen molar-refractivity contribution in [2.24, 2.45) is 0 Å². The third-order valence-electron chi connectivity index (χ3n) is 4.75. The first-order valence-corrected chi connectivity index (χ1v) is 10.4. The molecule has 0 bridgehead atoms. The molecule has 0 unspecified atom stereocenters. The number of carbonyl (C=O) groups excluding carboxylic acids is 1. The van der Waals surface area contributed by atoms with Gasteiger partial charge >= 0.3 is 0 Å². The van der Waals surface area contributed by atoms with E-state index in [-0.39, 0.29) is 5.91 Å². The Balaban J connectivity index is 1.45. The number of hydrogen-bond acceptors (Lipinski definition) is 3. The van der Waals surface area contributed by atoms with Crippen LogP contribution in [0.2, 0.25) is 0 Å². The Kier molecular flexibility index (Phi) is 6.00. The van der Waals surface area contributed by atoms with Crippen LogP contribution in [0, 0.1) is 0 Å². The predicted molar refractivity (Wildman–Crippen MR) is 118 cm³/mol. The highest BCUT2D eigenvalue weighted by Gasteiger charge is 2.11. The maximum absolute atomic E-state index is 12.1. The molecule has 5 nitrogen and oxygen atoms in total. The van der Waals surface area contributed by atoms with E-state index in [1.165, 1.54) is 5.56 Å². The first kappa shape index (κ1) is 19.3. The molecule has 0 atom stereocenters. The fourth-order valence-electron chi connectivity index (χ4n) is 3.30. The second kappa shape index (κ2) is 9.01. The first-order valence-electron chi connectivity index (χ1n) is 9.58. The van der Waals surface area contributed by atoms with Gasteiger partial charge in [0.25, 0.3) is 5.91 Å². The number of pyridine rings is 1. The van der Waals surface area contributed by atoms with E-state index in [0.717, 1.165) is 40.7 Å². The van der Waals surface area contributed by atoms with Crippen LogP contribution in [0.5, 0.6) is 0 Å². The Morgan fingerprint density at radius 2 is 1.79 bits per heavy atom. The summed E-state index contributed by atoms with van der Waals surface area (Å²) in [7, 11) is 0. The number of aromatic nitrogens is 3. The standard InChI is InChI=1S/C23H21BrN4O/c24-18-12-10-17(11-13-18)16-28-21-8-2-1-6-19(21)27-22(28)9-5-15-26-23(29)20-7-3-4-14-25-20/h1-4,6-8,10-14H,5,9,15-16H2,(H,26,29). The topological polar surface area (TPSA) is 59.8 Å². The van der Waals surface area contributed by atoms with Gasteiger partial charge in [0.2, 0.25) is 0 Å². The van der Waals surface area contributed by atoms with Crippen molar-refractivity contribution in [1.29, 1.82) is 0 Å². The van der Waals surface area contributed by atoms with E-state index in [4.69, 9.17) is 4.98 Å². The number of para-hydroxylation sites is 2. The quantitative estimate of drug-likeness (QED) is 0.420. The largest absolute Gasteiger partial charge is 0.351 e. The van der Waals surface area contributed by atoms with Crippen LogP contribution in [-0.2, 0) is 13.0 Å². The average molecular weight is 449 g/mol. The Labute approximate surface area is 177 Å². The zero-order chi connectivity index (χ0) is 20.1. The fraction of sp³-hybridized carbons (Fsp3) is 0.174. The van der Waals surface area contributed by atoms with Crippen LogP contribution in [0.25, 0.3) is 11.0 Å². The average Bonchev–Trinajstić information content (AvgIpc) is 3.10. The van der Waals surface area contributed by atoms with Crippen molar-refractivity contribution in [1.82, 2.24) is 19.9 Å². The van der Waals surface area contributed by atoms with Crippen molar-refractivity contribution >= 4 is 32.9 Å². The Hall–Kier alpha value is -2.99. The molecule has 29 heavy (non-hydrogen) atoms. The number of nitrogens with zero attached hydrogens (tertiary/aromatic N) is 3.